The number of carbonyl (C=O) groups excluding carboxylic acids is 2. The van der Waals surface area contributed by atoms with Crippen LogP contribution in [0.3, 0.4) is 0 Å². The van der Waals surface area contributed by atoms with Crippen LogP contribution in [0.1, 0.15) is 36.6 Å². The SMILES string of the molecule is C[NH+](CC(=O)NC1CC1)CC(=O)N1CCC(c2nc3ccccc3s2)CC1. The Morgan fingerprint density at radius 1 is 1.19 bits per heavy atom. The summed E-state index contributed by atoms with van der Waals surface area (Å²) in [6, 6.07) is 8.63. The summed E-state index contributed by atoms with van der Waals surface area (Å²) in [6.45, 7) is 2.30. The quantitative estimate of drug-likeness (QED) is 0.770. The minimum Gasteiger partial charge on any atom is -0.348 e. The number of rotatable bonds is 6. The van der Waals surface area contributed by atoms with Crippen molar-refractivity contribution in [1.82, 2.24) is 15.2 Å². The molecule has 27 heavy (non-hydrogen) atoms. The molecule has 2 aromatic rings. The molecule has 1 saturated heterocycles. The van der Waals surface area contributed by atoms with Gasteiger partial charge in [-0.2, -0.15) is 0 Å². The minimum absolute atomic E-state index is 0.0531. The summed E-state index contributed by atoms with van der Waals surface area (Å²) < 4.78 is 1.24. The van der Waals surface area contributed by atoms with Crippen LogP contribution in [-0.4, -0.2) is 61.0 Å². The lowest BCUT2D eigenvalue weighted by Gasteiger charge is -2.31. The van der Waals surface area contributed by atoms with Crippen LogP contribution in [0.2, 0.25) is 0 Å². The number of para-hydroxylation sites is 1. The zero-order valence-electron chi connectivity index (χ0n) is 15.7. The van der Waals surface area contributed by atoms with Gasteiger partial charge in [0.2, 0.25) is 0 Å². The van der Waals surface area contributed by atoms with E-state index in [1.807, 2.05) is 18.0 Å². The zero-order valence-corrected chi connectivity index (χ0v) is 16.6. The van der Waals surface area contributed by atoms with E-state index in [-0.39, 0.29) is 11.8 Å². The normalized spacial score (nSPS) is 19.2. The zero-order chi connectivity index (χ0) is 18.8. The largest absolute Gasteiger partial charge is 0.348 e. The number of carbonyl (C=O) groups is 2. The van der Waals surface area contributed by atoms with Crippen molar-refractivity contribution in [3.8, 4) is 0 Å². The number of piperidine rings is 1. The molecule has 1 aliphatic carbocycles. The summed E-state index contributed by atoms with van der Waals surface area (Å²) in [5.41, 5.74) is 1.07. The molecule has 6 nitrogen and oxygen atoms in total. The molecule has 4 rings (SSSR count). The van der Waals surface area contributed by atoms with E-state index in [4.69, 9.17) is 4.98 Å². The second kappa shape index (κ2) is 7.94. The van der Waals surface area contributed by atoms with Crippen molar-refractivity contribution in [2.45, 2.75) is 37.6 Å². The predicted octanol–water partition coefficient (Wildman–Crippen LogP) is 0.796. The molecule has 2 N–H and O–H groups in total. The molecule has 144 valence electrons. The van der Waals surface area contributed by atoms with Crippen molar-refractivity contribution in [1.29, 1.82) is 0 Å². The van der Waals surface area contributed by atoms with Crippen LogP contribution in [0.4, 0.5) is 0 Å². The minimum atomic E-state index is 0.0531. The van der Waals surface area contributed by atoms with E-state index in [1.54, 1.807) is 11.3 Å². The lowest BCUT2D eigenvalue weighted by atomic mass is 9.97. The summed E-state index contributed by atoms with van der Waals surface area (Å²) >= 11 is 1.78. The maximum Gasteiger partial charge on any atom is 0.277 e. The van der Waals surface area contributed by atoms with Crippen molar-refractivity contribution in [3.63, 3.8) is 0 Å². The molecule has 0 bridgehead atoms. The lowest BCUT2D eigenvalue weighted by molar-refractivity contribution is -0.863. The highest BCUT2D eigenvalue weighted by Gasteiger charge is 2.28. The van der Waals surface area contributed by atoms with E-state index >= 15 is 0 Å². The van der Waals surface area contributed by atoms with Gasteiger partial charge in [-0.05, 0) is 37.8 Å². The van der Waals surface area contributed by atoms with E-state index < -0.39 is 0 Å². The van der Waals surface area contributed by atoms with Gasteiger partial charge in [-0.3, -0.25) is 9.59 Å². The second-order valence-electron chi connectivity index (χ2n) is 7.83. The molecule has 0 radical (unpaired) electrons. The summed E-state index contributed by atoms with van der Waals surface area (Å²) in [5.74, 6) is 0.646. The van der Waals surface area contributed by atoms with Gasteiger partial charge in [0.25, 0.3) is 11.8 Å². The standard InChI is InChI=1S/C20H26N4O2S/c1-23(12-18(25)21-15-6-7-15)13-19(26)24-10-8-14(9-11-24)20-22-16-4-2-3-5-17(16)27-20/h2-5,14-15H,6-13H2,1H3,(H,21,25)/p+1. The monoisotopic (exact) mass is 387 g/mol. The molecule has 2 fully saturated rings. The van der Waals surface area contributed by atoms with Crippen LogP contribution in [0.15, 0.2) is 24.3 Å². The van der Waals surface area contributed by atoms with Gasteiger partial charge in [-0.1, -0.05) is 12.1 Å². The van der Waals surface area contributed by atoms with E-state index in [0.29, 0.717) is 25.0 Å². The number of amides is 2. The maximum absolute atomic E-state index is 12.6. The third-order valence-electron chi connectivity index (χ3n) is 5.37. The molecule has 2 aliphatic rings. The molecule has 1 aliphatic heterocycles. The average Bonchev–Trinajstić information content (AvgIpc) is 3.35. The molecule has 1 saturated carbocycles. The fraction of sp³-hybridized carbons (Fsp3) is 0.550. The number of hydrogen-bond acceptors (Lipinski definition) is 4. The van der Waals surface area contributed by atoms with E-state index in [2.05, 4.69) is 23.5 Å². The number of aromatic nitrogens is 1. The van der Waals surface area contributed by atoms with Gasteiger partial charge in [0.15, 0.2) is 13.1 Å². The number of nitrogens with one attached hydrogen (secondary N) is 2. The Morgan fingerprint density at radius 3 is 2.63 bits per heavy atom. The van der Waals surface area contributed by atoms with Crippen LogP contribution in [-0.2, 0) is 9.59 Å². The smallest absolute Gasteiger partial charge is 0.277 e. The molecule has 2 heterocycles. The summed E-state index contributed by atoms with van der Waals surface area (Å²) in [4.78, 5) is 32.1. The number of nitrogens with zero attached hydrogens (tertiary/aromatic N) is 2. The molecular formula is C20H27N4O2S+. The van der Waals surface area contributed by atoms with Crippen molar-refractivity contribution in [3.05, 3.63) is 29.3 Å². The van der Waals surface area contributed by atoms with Crippen molar-refractivity contribution < 1.29 is 14.5 Å². The number of thiazole rings is 1. The van der Waals surface area contributed by atoms with E-state index in [0.717, 1.165) is 49.2 Å². The molecule has 1 atom stereocenters. The lowest BCUT2D eigenvalue weighted by Crippen LogP contribution is -3.11. The first-order chi connectivity index (χ1) is 13.1. The van der Waals surface area contributed by atoms with E-state index in [1.165, 1.54) is 9.71 Å². The van der Waals surface area contributed by atoms with Gasteiger partial charge in [-0.25, -0.2) is 4.98 Å². The summed E-state index contributed by atoms with van der Waals surface area (Å²) in [5, 5.41) is 4.18. The number of benzene rings is 1. The molecule has 1 unspecified atom stereocenters. The van der Waals surface area contributed by atoms with Gasteiger partial charge >= 0.3 is 0 Å². The van der Waals surface area contributed by atoms with Gasteiger partial charge in [0.05, 0.1) is 22.3 Å². The number of quaternary nitrogens is 1. The Hall–Kier alpha value is -1.99. The van der Waals surface area contributed by atoms with Gasteiger partial charge in [-0.15, -0.1) is 11.3 Å². The van der Waals surface area contributed by atoms with Crippen molar-refractivity contribution in [2.75, 3.05) is 33.2 Å². The third kappa shape index (κ3) is 4.65. The number of likely N-dealkylation sites (N-methyl/N-ethyl adjacent to an activating group) is 1. The number of hydrogen-bond donors (Lipinski definition) is 2. The Kier molecular flexibility index (Phi) is 5.41. The molecule has 2 amide bonds. The number of likely N-dealkylation sites (tertiary alicyclic amines) is 1. The molecule has 1 aromatic carbocycles. The highest BCUT2D eigenvalue weighted by atomic mass is 32.1. The first-order valence-corrected chi connectivity index (χ1v) is 10.6. The van der Waals surface area contributed by atoms with Crippen LogP contribution in [0.25, 0.3) is 10.2 Å². The topological polar surface area (TPSA) is 66.7 Å². The van der Waals surface area contributed by atoms with Gasteiger partial charge < -0.3 is 15.1 Å². The molecule has 0 spiro atoms. The second-order valence-corrected chi connectivity index (χ2v) is 8.89. The fourth-order valence-corrected chi connectivity index (χ4v) is 4.79. The third-order valence-corrected chi connectivity index (χ3v) is 6.56. The highest BCUT2D eigenvalue weighted by Crippen LogP contribution is 2.33. The molecular weight excluding hydrogens is 360 g/mol. The molecule has 7 heteroatoms. The number of fused-ring (bicyclic) bond motifs is 1. The Labute approximate surface area is 163 Å². The first-order valence-electron chi connectivity index (χ1n) is 9.82. The average molecular weight is 388 g/mol. The van der Waals surface area contributed by atoms with Crippen LogP contribution >= 0.6 is 11.3 Å². The Morgan fingerprint density at radius 2 is 1.93 bits per heavy atom. The first kappa shape index (κ1) is 18.4. The van der Waals surface area contributed by atoms with Crippen LogP contribution < -0.4 is 10.2 Å². The van der Waals surface area contributed by atoms with E-state index in [9.17, 15) is 9.59 Å². The van der Waals surface area contributed by atoms with Crippen LogP contribution in [0.5, 0.6) is 0 Å². The Balaban J connectivity index is 1.25. The Bertz CT molecular complexity index is 791. The van der Waals surface area contributed by atoms with Gasteiger partial charge in [0.1, 0.15) is 0 Å². The van der Waals surface area contributed by atoms with Gasteiger partial charge in [0, 0.05) is 25.0 Å². The van der Waals surface area contributed by atoms with Crippen LogP contribution in [0, 0.1) is 0 Å². The molecule has 1 aromatic heterocycles. The van der Waals surface area contributed by atoms with Crippen molar-refractivity contribution >= 4 is 33.4 Å². The maximum atomic E-state index is 12.6. The van der Waals surface area contributed by atoms with Crippen molar-refractivity contribution in [2.24, 2.45) is 0 Å². The predicted molar refractivity (Wildman–Crippen MR) is 106 cm³/mol. The fourth-order valence-electron chi connectivity index (χ4n) is 3.65. The summed E-state index contributed by atoms with van der Waals surface area (Å²) in [7, 11) is 1.91. The highest BCUT2D eigenvalue weighted by molar-refractivity contribution is 7.18. The summed E-state index contributed by atoms with van der Waals surface area (Å²) in [6.07, 6.45) is 4.11.